The van der Waals surface area contributed by atoms with E-state index in [2.05, 4.69) is 22.6 Å². The summed E-state index contributed by atoms with van der Waals surface area (Å²) in [5, 5.41) is 7.03. The smallest absolute Gasteiger partial charge is 0.0656 e. The molecule has 2 rings (SSSR count). The fourth-order valence-corrected chi connectivity index (χ4v) is 2.33. The zero-order valence-corrected chi connectivity index (χ0v) is 8.14. The molecule has 0 aliphatic rings. The molecule has 0 saturated heterocycles. The molecule has 2 N–H and O–H groups in total. The molecule has 0 spiro atoms. The van der Waals surface area contributed by atoms with Crippen LogP contribution in [0.1, 0.15) is 12.5 Å². The number of hydrazone groups is 1. The zero-order valence-electron chi connectivity index (χ0n) is 7.32. The lowest BCUT2D eigenvalue weighted by molar-refractivity contribution is 1.24. The minimum Gasteiger partial charge on any atom is -0.323 e. The van der Waals surface area contributed by atoms with Gasteiger partial charge in [0.2, 0.25) is 0 Å². The SMILES string of the molecule is C/C(=N\N)c1csc2ccccc12. The summed E-state index contributed by atoms with van der Waals surface area (Å²) in [7, 11) is 0. The molecule has 0 saturated carbocycles. The minimum atomic E-state index is 0.887. The lowest BCUT2D eigenvalue weighted by atomic mass is 10.1. The molecule has 2 aromatic rings. The van der Waals surface area contributed by atoms with Crippen molar-refractivity contribution in [2.24, 2.45) is 10.9 Å². The van der Waals surface area contributed by atoms with Gasteiger partial charge in [-0.2, -0.15) is 5.10 Å². The topological polar surface area (TPSA) is 38.4 Å². The number of benzene rings is 1. The van der Waals surface area contributed by atoms with Crippen LogP contribution in [-0.2, 0) is 0 Å². The van der Waals surface area contributed by atoms with Crippen LogP contribution in [-0.4, -0.2) is 5.71 Å². The Kier molecular flexibility index (Phi) is 2.02. The molecule has 0 bridgehead atoms. The molecule has 66 valence electrons. The average Bonchev–Trinajstić information content (AvgIpc) is 2.60. The van der Waals surface area contributed by atoms with Gasteiger partial charge in [0.15, 0.2) is 0 Å². The van der Waals surface area contributed by atoms with Crippen molar-refractivity contribution in [2.45, 2.75) is 6.92 Å². The maximum atomic E-state index is 5.25. The molecule has 1 aromatic heterocycles. The molecule has 3 heteroatoms. The number of thiophene rings is 1. The molecule has 13 heavy (non-hydrogen) atoms. The van der Waals surface area contributed by atoms with E-state index < -0.39 is 0 Å². The Morgan fingerprint density at radius 3 is 2.92 bits per heavy atom. The standard InChI is InChI=1S/C10H10N2S/c1-7(12-11)9-6-13-10-5-3-2-4-8(9)10/h2-6H,11H2,1H3/b12-7+. The van der Waals surface area contributed by atoms with E-state index in [4.69, 9.17) is 5.84 Å². The predicted molar refractivity (Wildman–Crippen MR) is 58.2 cm³/mol. The van der Waals surface area contributed by atoms with Crippen molar-refractivity contribution in [2.75, 3.05) is 0 Å². The summed E-state index contributed by atoms with van der Waals surface area (Å²) >= 11 is 1.72. The van der Waals surface area contributed by atoms with Crippen molar-refractivity contribution in [3.8, 4) is 0 Å². The molecule has 2 nitrogen and oxygen atoms in total. The molecule has 0 fully saturated rings. The molecule has 0 radical (unpaired) electrons. The van der Waals surface area contributed by atoms with Crippen LogP contribution in [0.3, 0.4) is 0 Å². The number of fused-ring (bicyclic) bond motifs is 1. The highest BCUT2D eigenvalue weighted by Gasteiger charge is 2.04. The van der Waals surface area contributed by atoms with E-state index >= 15 is 0 Å². The van der Waals surface area contributed by atoms with Crippen molar-refractivity contribution in [1.82, 2.24) is 0 Å². The van der Waals surface area contributed by atoms with Crippen LogP contribution < -0.4 is 5.84 Å². The molecule has 0 aliphatic heterocycles. The Morgan fingerprint density at radius 1 is 1.38 bits per heavy atom. The quantitative estimate of drug-likeness (QED) is 0.419. The second-order valence-corrected chi connectivity index (χ2v) is 3.77. The molecule has 0 atom stereocenters. The van der Waals surface area contributed by atoms with Crippen molar-refractivity contribution >= 4 is 27.1 Å². The van der Waals surface area contributed by atoms with E-state index in [9.17, 15) is 0 Å². The third kappa shape index (κ3) is 1.31. The third-order valence-corrected chi connectivity index (χ3v) is 3.03. The lowest BCUT2D eigenvalue weighted by Crippen LogP contribution is -1.96. The summed E-state index contributed by atoms with van der Waals surface area (Å²) < 4.78 is 1.28. The molecule has 0 unspecified atom stereocenters. The van der Waals surface area contributed by atoms with E-state index in [-0.39, 0.29) is 0 Å². The maximum absolute atomic E-state index is 5.25. The molecule has 1 heterocycles. The Labute approximate surface area is 80.7 Å². The van der Waals surface area contributed by atoms with Gasteiger partial charge in [0.1, 0.15) is 0 Å². The average molecular weight is 190 g/mol. The van der Waals surface area contributed by atoms with Crippen LogP contribution in [0, 0.1) is 0 Å². The summed E-state index contributed by atoms with van der Waals surface area (Å²) in [4.78, 5) is 0. The Morgan fingerprint density at radius 2 is 2.15 bits per heavy atom. The molecular formula is C10H10N2S. The monoisotopic (exact) mass is 190 g/mol. The van der Waals surface area contributed by atoms with E-state index in [0.717, 1.165) is 11.3 Å². The largest absolute Gasteiger partial charge is 0.323 e. The fraction of sp³-hybridized carbons (Fsp3) is 0.100. The Balaban J connectivity index is 2.71. The van der Waals surface area contributed by atoms with Crippen molar-refractivity contribution in [3.63, 3.8) is 0 Å². The van der Waals surface area contributed by atoms with Gasteiger partial charge in [0.05, 0.1) is 5.71 Å². The lowest BCUT2D eigenvalue weighted by Gasteiger charge is -1.95. The highest BCUT2D eigenvalue weighted by Crippen LogP contribution is 2.25. The van der Waals surface area contributed by atoms with Crippen molar-refractivity contribution in [3.05, 3.63) is 35.2 Å². The summed E-state index contributed by atoms with van der Waals surface area (Å²) in [5.74, 6) is 5.25. The first-order valence-corrected chi connectivity index (χ1v) is 4.92. The minimum absolute atomic E-state index is 0.887. The Bertz CT molecular complexity index is 457. The first kappa shape index (κ1) is 8.26. The van der Waals surface area contributed by atoms with Gasteiger partial charge in [-0.25, -0.2) is 0 Å². The van der Waals surface area contributed by atoms with Crippen LogP contribution in [0.15, 0.2) is 34.7 Å². The second kappa shape index (κ2) is 3.18. The number of hydrogen-bond donors (Lipinski definition) is 1. The van der Waals surface area contributed by atoms with Gasteiger partial charge in [0.25, 0.3) is 0 Å². The van der Waals surface area contributed by atoms with Gasteiger partial charge in [0, 0.05) is 21.0 Å². The number of nitrogens with zero attached hydrogens (tertiary/aromatic N) is 1. The highest BCUT2D eigenvalue weighted by molar-refractivity contribution is 7.17. The predicted octanol–water partition coefficient (Wildman–Crippen LogP) is 2.58. The first-order valence-electron chi connectivity index (χ1n) is 4.04. The number of nitrogens with two attached hydrogens (primary N) is 1. The second-order valence-electron chi connectivity index (χ2n) is 2.86. The normalized spacial score (nSPS) is 12.2. The molecular weight excluding hydrogens is 180 g/mol. The molecule has 0 aliphatic carbocycles. The van der Waals surface area contributed by atoms with Crippen molar-refractivity contribution < 1.29 is 0 Å². The van der Waals surface area contributed by atoms with E-state index in [1.165, 1.54) is 10.1 Å². The van der Waals surface area contributed by atoms with Gasteiger partial charge >= 0.3 is 0 Å². The van der Waals surface area contributed by atoms with E-state index in [0.29, 0.717) is 0 Å². The first-order chi connectivity index (χ1) is 6.33. The summed E-state index contributed by atoms with van der Waals surface area (Å²) in [6.45, 7) is 1.93. The van der Waals surface area contributed by atoms with Gasteiger partial charge in [-0.3, -0.25) is 0 Å². The van der Waals surface area contributed by atoms with Gasteiger partial charge < -0.3 is 5.84 Å². The van der Waals surface area contributed by atoms with Gasteiger partial charge in [-0.1, -0.05) is 18.2 Å². The summed E-state index contributed by atoms with van der Waals surface area (Å²) in [6, 6.07) is 8.27. The van der Waals surface area contributed by atoms with Crippen LogP contribution in [0.2, 0.25) is 0 Å². The van der Waals surface area contributed by atoms with E-state index in [1.54, 1.807) is 11.3 Å². The van der Waals surface area contributed by atoms with Crippen LogP contribution in [0.5, 0.6) is 0 Å². The summed E-state index contributed by atoms with van der Waals surface area (Å²) in [5.41, 5.74) is 2.03. The highest BCUT2D eigenvalue weighted by atomic mass is 32.1. The van der Waals surface area contributed by atoms with Crippen LogP contribution in [0.4, 0.5) is 0 Å². The van der Waals surface area contributed by atoms with Gasteiger partial charge in [-0.15, -0.1) is 11.3 Å². The maximum Gasteiger partial charge on any atom is 0.0656 e. The fourth-order valence-electron chi connectivity index (χ4n) is 1.33. The third-order valence-electron chi connectivity index (χ3n) is 2.06. The number of hydrogen-bond acceptors (Lipinski definition) is 3. The zero-order chi connectivity index (χ0) is 9.26. The Hall–Kier alpha value is -1.35. The van der Waals surface area contributed by atoms with Gasteiger partial charge in [-0.05, 0) is 13.0 Å². The van der Waals surface area contributed by atoms with Crippen LogP contribution in [0.25, 0.3) is 10.1 Å². The van der Waals surface area contributed by atoms with E-state index in [1.807, 2.05) is 19.1 Å². The van der Waals surface area contributed by atoms with Crippen molar-refractivity contribution in [1.29, 1.82) is 0 Å². The molecule has 1 aromatic carbocycles. The van der Waals surface area contributed by atoms with Crippen LogP contribution >= 0.6 is 11.3 Å². The number of rotatable bonds is 1. The summed E-state index contributed by atoms with van der Waals surface area (Å²) in [6.07, 6.45) is 0. The molecule has 0 amide bonds.